The summed E-state index contributed by atoms with van der Waals surface area (Å²) < 4.78 is 0.309. The van der Waals surface area contributed by atoms with Gasteiger partial charge in [-0.3, -0.25) is 9.59 Å². The van der Waals surface area contributed by atoms with Crippen LogP contribution in [0.5, 0.6) is 0 Å². The van der Waals surface area contributed by atoms with Gasteiger partial charge in [0.15, 0.2) is 11.4 Å². The first-order valence-electron chi connectivity index (χ1n) is 5.23. The molecule has 106 valence electrons. The second-order valence-electron chi connectivity index (χ2n) is 5.10. The predicted molar refractivity (Wildman–Crippen MR) is 61.5 cm³/mol. The van der Waals surface area contributed by atoms with E-state index in [1.54, 1.807) is 21.1 Å². The van der Waals surface area contributed by atoms with E-state index in [-0.39, 0.29) is 6.54 Å². The molecule has 7 nitrogen and oxygen atoms in total. The number of carboxylic acid groups (broad SMARTS) is 2. The van der Waals surface area contributed by atoms with Crippen molar-refractivity contribution in [1.29, 1.82) is 0 Å². The Bertz CT molecular complexity index is 316. The number of nitrogens with zero attached hydrogens (tertiary/aromatic N) is 1. The van der Waals surface area contributed by atoms with Crippen LogP contribution in [0.25, 0.3) is 0 Å². The Hall–Kier alpha value is -1.47. The number of hydrogen-bond acceptors (Lipinski definition) is 5. The molecule has 18 heavy (non-hydrogen) atoms. The first kappa shape index (κ1) is 18.9. The molecule has 0 aromatic heterocycles. The number of carbonyl (C=O) groups excluding carboxylic acids is 2. The molecule has 0 aliphatic heterocycles. The van der Waals surface area contributed by atoms with E-state index in [1.165, 1.54) is 6.92 Å². The lowest BCUT2D eigenvalue weighted by molar-refractivity contribution is -0.875. The highest BCUT2D eigenvalue weighted by Gasteiger charge is 2.38. The van der Waals surface area contributed by atoms with Gasteiger partial charge in [0.1, 0.15) is 6.54 Å². The van der Waals surface area contributed by atoms with Crippen molar-refractivity contribution in [2.45, 2.75) is 25.9 Å². The SMILES string of the molecule is CC(=O)C(O)(CC(=O)[O-])C[N+](C)(C)C.CC(=O)O. The largest absolute Gasteiger partial charge is 0.550 e. The van der Waals surface area contributed by atoms with Crippen molar-refractivity contribution in [2.24, 2.45) is 0 Å². The maximum Gasteiger partial charge on any atom is 0.300 e. The fourth-order valence-electron chi connectivity index (χ4n) is 1.32. The van der Waals surface area contributed by atoms with Crippen LogP contribution in [0.3, 0.4) is 0 Å². The molecule has 0 heterocycles. The van der Waals surface area contributed by atoms with Crippen LogP contribution in [0.15, 0.2) is 0 Å². The second-order valence-corrected chi connectivity index (χ2v) is 5.10. The zero-order valence-electron chi connectivity index (χ0n) is 11.4. The summed E-state index contributed by atoms with van der Waals surface area (Å²) >= 11 is 0. The lowest BCUT2D eigenvalue weighted by Crippen LogP contribution is -2.55. The highest BCUT2D eigenvalue weighted by atomic mass is 16.4. The summed E-state index contributed by atoms with van der Waals surface area (Å²) in [6.45, 7) is 2.31. The Labute approximate surface area is 106 Å². The number of Topliss-reactive ketones (excluding diaryl/α,β-unsaturated/α-hetero) is 1. The van der Waals surface area contributed by atoms with Gasteiger partial charge in [-0.05, 0) is 6.92 Å². The fraction of sp³-hybridized carbons (Fsp3) is 0.727. The summed E-state index contributed by atoms with van der Waals surface area (Å²) in [5.41, 5.74) is -1.82. The van der Waals surface area contributed by atoms with Gasteiger partial charge in [0, 0.05) is 19.3 Å². The summed E-state index contributed by atoms with van der Waals surface area (Å²) in [7, 11) is 5.30. The van der Waals surface area contributed by atoms with E-state index in [0.29, 0.717) is 4.48 Å². The molecule has 0 saturated heterocycles. The monoisotopic (exact) mass is 263 g/mol. The van der Waals surface area contributed by atoms with Crippen LogP contribution >= 0.6 is 0 Å². The predicted octanol–water partition coefficient (Wildman–Crippen LogP) is -1.76. The average Bonchev–Trinajstić information content (AvgIpc) is 1.95. The third-order valence-corrected chi connectivity index (χ3v) is 1.83. The molecule has 0 aliphatic carbocycles. The minimum absolute atomic E-state index is 0.0519. The highest BCUT2D eigenvalue weighted by molar-refractivity contribution is 5.88. The van der Waals surface area contributed by atoms with Crippen LogP contribution in [0.1, 0.15) is 20.3 Å². The molecule has 0 radical (unpaired) electrons. The van der Waals surface area contributed by atoms with Crippen molar-refractivity contribution in [3.8, 4) is 0 Å². The normalized spacial score (nSPS) is 13.9. The van der Waals surface area contributed by atoms with Gasteiger partial charge < -0.3 is 24.6 Å². The summed E-state index contributed by atoms with van der Waals surface area (Å²) in [4.78, 5) is 30.5. The summed E-state index contributed by atoms with van der Waals surface area (Å²) in [6, 6.07) is 0. The van der Waals surface area contributed by atoms with E-state index in [1.807, 2.05) is 0 Å². The van der Waals surface area contributed by atoms with Gasteiger partial charge in [-0.15, -0.1) is 0 Å². The molecular formula is C11H21NO6. The van der Waals surface area contributed by atoms with E-state index >= 15 is 0 Å². The highest BCUT2D eigenvalue weighted by Crippen LogP contribution is 2.15. The minimum atomic E-state index is -1.82. The molecule has 2 N–H and O–H groups in total. The van der Waals surface area contributed by atoms with Gasteiger partial charge in [0.2, 0.25) is 0 Å². The molecule has 1 unspecified atom stereocenters. The average molecular weight is 263 g/mol. The Morgan fingerprint density at radius 2 is 1.50 bits per heavy atom. The van der Waals surface area contributed by atoms with Crippen molar-refractivity contribution in [3.63, 3.8) is 0 Å². The fourth-order valence-corrected chi connectivity index (χ4v) is 1.32. The van der Waals surface area contributed by atoms with E-state index in [2.05, 4.69) is 0 Å². The Morgan fingerprint density at radius 3 is 1.67 bits per heavy atom. The maximum absolute atomic E-state index is 11.1. The number of carboxylic acids is 2. The standard InChI is InChI=1S/C9H17NO4.C2H4O2/c1-7(11)9(14,5-8(12)13)6-10(2,3)4;1-2(3)4/h14H,5-6H2,1-4H3;1H3,(H,3,4). The summed E-state index contributed by atoms with van der Waals surface area (Å²) in [5, 5.41) is 27.6. The Balaban J connectivity index is 0. The molecule has 0 aromatic rings. The zero-order valence-corrected chi connectivity index (χ0v) is 11.4. The molecule has 0 bridgehead atoms. The summed E-state index contributed by atoms with van der Waals surface area (Å²) in [5.74, 6) is -2.80. The second kappa shape index (κ2) is 7.07. The Morgan fingerprint density at radius 1 is 1.17 bits per heavy atom. The Kier molecular flexibility index (Phi) is 7.42. The van der Waals surface area contributed by atoms with Gasteiger partial charge >= 0.3 is 0 Å². The smallest absolute Gasteiger partial charge is 0.300 e. The zero-order chi connectivity index (χ0) is 15.1. The molecule has 0 saturated carbocycles. The van der Waals surface area contributed by atoms with Crippen molar-refractivity contribution >= 4 is 17.7 Å². The number of carbonyl (C=O) groups is 3. The first-order chi connectivity index (χ1) is 7.80. The van der Waals surface area contributed by atoms with Gasteiger partial charge in [0.25, 0.3) is 5.97 Å². The first-order valence-corrected chi connectivity index (χ1v) is 5.23. The third kappa shape index (κ3) is 11.0. The molecular weight excluding hydrogens is 242 g/mol. The quantitative estimate of drug-likeness (QED) is 0.568. The number of ketones is 1. The van der Waals surface area contributed by atoms with Gasteiger partial charge in [-0.25, -0.2) is 0 Å². The molecule has 0 fully saturated rings. The molecule has 0 aliphatic rings. The topological polar surface area (TPSA) is 115 Å². The lowest BCUT2D eigenvalue weighted by Gasteiger charge is -2.34. The van der Waals surface area contributed by atoms with Crippen LogP contribution in [-0.2, 0) is 14.4 Å². The van der Waals surface area contributed by atoms with E-state index < -0.39 is 29.7 Å². The summed E-state index contributed by atoms with van der Waals surface area (Å²) in [6.07, 6.45) is -0.655. The lowest BCUT2D eigenvalue weighted by atomic mass is 9.94. The number of quaternary nitrogens is 1. The van der Waals surface area contributed by atoms with Crippen LogP contribution in [0.4, 0.5) is 0 Å². The van der Waals surface area contributed by atoms with Gasteiger partial charge in [-0.1, -0.05) is 0 Å². The van der Waals surface area contributed by atoms with E-state index in [4.69, 9.17) is 9.90 Å². The van der Waals surface area contributed by atoms with Gasteiger partial charge in [0.05, 0.1) is 21.1 Å². The number of aliphatic carboxylic acids is 2. The van der Waals surface area contributed by atoms with Crippen LogP contribution in [0, 0.1) is 0 Å². The number of hydrogen-bond donors (Lipinski definition) is 2. The van der Waals surface area contributed by atoms with Crippen molar-refractivity contribution in [1.82, 2.24) is 0 Å². The molecule has 0 spiro atoms. The third-order valence-electron chi connectivity index (χ3n) is 1.83. The number of likely N-dealkylation sites (N-methyl/N-ethyl adjacent to an activating group) is 1. The van der Waals surface area contributed by atoms with E-state index in [9.17, 15) is 19.8 Å². The molecule has 0 aromatic carbocycles. The van der Waals surface area contributed by atoms with Gasteiger partial charge in [-0.2, -0.15) is 0 Å². The van der Waals surface area contributed by atoms with Crippen LogP contribution in [0.2, 0.25) is 0 Å². The van der Waals surface area contributed by atoms with E-state index in [0.717, 1.165) is 6.92 Å². The number of aliphatic hydroxyl groups is 1. The molecule has 7 heteroatoms. The number of rotatable bonds is 5. The minimum Gasteiger partial charge on any atom is -0.550 e. The molecule has 1 atom stereocenters. The maximum atomic E-state index is 11.1. The molecule has 0 rings (SSSR count). The van der Waals surface area contributed by atoms with Crippen LogP contribution < -0.4 is 5.11 Å². The van der Waals surface area contributed by atoms with Crippen molar-refractivity contribution in [3.05, 3.63) is 0 Å². The molecule has 0 amide bonds. The van der Waals surface area contributed by atoms with Crippen LogP contribution in [-0.4, -0.2) is 65.7 Å². The van der Waals surface area contributed by atoms with Crippen molar-refractivity contribution < 1.29 is 34.2 Å². The van der Waals surface area contributed by atoms with Crippen molar-refractivity contribution in [2.75, 3.05) is 27.7 Å².